The van der Waals surface area contributed by atoms with Crippen molar-refractivity contribution in [2.45, 2.75) is 12.8 Å². The number of benzene rings is 1. The number of pyridine rings is 1. The first-order valence-corrected chi connectivity index (χ1v) is 9.66. The lowest BCUT2D eigenvalue weighted by Gasteiger charge is -2.20. The highest BCUT2D eigenvalue weighted by atomic mass is 15.2. The Balaban J connectivity index is 1.48. The van der Waals surface area contributed by atoms with Gasteiger partial charge in [-0.3, -0.25) is 9.67 Å². The first-order chi connectivity index (χ1) is 13.8. The van der Waals surface area contributed by atoms with Crippen molar-refractivity contribution in [3.63, 3.8) is 0 Å². The highest BCUT2D eigenvalue weighted by Crippen LogP contribution is 2.31. The standard InChI is InChI=1S/C22H22N6/c1-27-14-17(13-24-27)12-16-8-11-28(15-16)22-19-4-2-3-5-20(19)25-21(26-22)18-6-9-23-10-7-18/h2-7,9-10,13-14,16H,8,11-12,15H2,1H3. The Hall–Kier alpha value is -3.28. The number of aromatic nitrogens is 5. The minimum Gasteiger partial charge on any atom is -0.356 e. The van der Waals surface area contributed by atoms with Crippen LogP contribution < -0.4 is 4.90 Å². The van der Waals surface area contributed by atoms with Gasteiger partial charge in [-0.25, -0.2) is 9.97 Å². The third-order valence-corrected chi connectivity index (χ3v) is 5.39. The van der Waals surface area contributed by atoms with Crippen molar-refractivity contribution in [2.75, 3.05) is 18.0 Å². The fraction of sp³-hybridized carbons (Fsp3) is 0.273. The van der Waals surface area contributed by atoms with Gasteiger partial charge in [0.25, 0.3) is 0 Å². The molecule has 6 heteroatoms. The van der Waals surface area contributed by atoms with Gasteiger partial charge in [-0.1, -0.05) is 12.1 Å². The molecular weight excluding hydrogens is 348 g/mol. The van der Waals surface area contributed by atoms with E-state index in [-0.39, 0.29) is 0 Å². The fourth-order valence-corrected chi connectivity index (χ4v) is 4.03. The molecule has 0 radical (unpaired) electrons. The Morgan fingerprint density at radius 1 is 1.07 bits per heavy atom. The van der Waals surface area contributed by atoms with E-state index in [2.05, 4.69) is 39.4 Å². The molecule has 5 rings (SSSR count). The third-order valence-electron chi connectivity index (χ3n) is 5.39. The summed E-state index contributed by atoms with van der Waals surface area (Å²) in [7, 11) is 1.97. The molecule has 4 heterocycles. The number of anilines is 1. The van der Waals surface area contributed by atoms with Crippen LogP contribution in [0.25, 0.3) is 22.3 Å². The van der Waals surface area contributed by atoms with Crippen molar-refractivity contribution >= 4 is 16.7 Å². The van der Waals surface area contributed by atoms with E-state index in [0.29, 0.717) is 5.92 Å². The van der Waals surface area contributed by atoms with Crippen molar-refractivity contribution in [2.24, 2.45) is 13.0 Å². The lowest BCUT2D eigenvalue weighted by atomic mass is 10.0. The third kappa shape index (κ3) is 3.22. The molecule has 1 aliphatic rings. The quantitative estimate of drug-likeness (QED) is 0.550. The van der Waals surface area contributed by atoms with E-state index >= 15 is 0 Å². The van der Waals surface area contributed by atoms with Crippen molar-refractivity contribution in [3.8, 4) is 11.4 Å². The number of hydrogen-bond donors (Lipinski definition) is 0. The summed E-state index contributed by atoms with van der Waals surface area (Å²) in [5.41, 5.74) is 3.28. The van der Waals surface area contributed by atoms with Gasteiger partial charge in [-0.05, 0) is 48.6 Å². The molecule has 1 saturated heterocycles. The molecular formula is C22H22N6. The summed E-state index contributed by atoms with van der Waals surface area (Å²) in [5, 5.41) is 5.41. The second-order valence-corrected chi connectivity index (χ2v) is 7.45. The highest BCUT2D eigenvalue weighted by Gasteiger charge is 2.26. The number of rotatable bonds is 4. The van der Waals surface area contributed by atoms with E-state index in [1.54, 1.807) is 12.4 Å². The Morgan fingerprint density at radius 2 is 1.93 bits per heavy atom. The van der Waals surface area contributed by atoms with Gasteiger partial charge >= 0.3 is 0 Å². The smallest absolute Gasteiger partial charge is 0.162 e. The summed E-state index contributed by atoms with van der Waals surface area (Å²) in [6, 6.07) is 12.2. The maximum Gasteiger partial charge on any atom is 0.162 e. The second-order valence-electron chi connectivity index (χ2n) is 7.45. The molecule has 0 aliphatic carbocycles. The van der Waals surface area contributed by atoms with Gasteiger partial charge in [-0.2, -0.15) is 5.10 Å². The summed E-state index contributed by atoms with van der Waals surface area (Å²) in [5.74, 6) is 2.40. The zero-order chi connectivity index (χ0) is 18.9. The predicted molar refractivity (Wildman–Crippen MR) is 110 cm³/mol. The van der Waals surface area contributed by atoms with Crippen molar-refractivity contribution < 1.29 is 0 Å². The lowest BCUT2D eigenvalue weighted by molar-refractivity contribution is 0.586. The predicted octanol–water partition coefficient (Wildman–Crippen LogP) is 3.49. The zero-order valence-electron chi connectivity index (χ0n) is 15.9. The largest absolute Gasteiger partial charge is 0.356 e. The number of fused-ring (bicyclic) bond motifs is 1. The maximum atomic E-state index is 4.97. The molecule has 1 aliphatic heterocycles. The second kappa shape index (κ2) is 7.03. The molecule has 6 nitrogen and oxygen atoms in total. The van der Waals surface area contributed by atoms with Crippen LogP contribution in [0.4, 0.5) is 5.82 Å². The summed E-state index contributed by atoms with van der Waals surface area (Å²) in [6.07, 6.45) is 9.89. The van der Waals surface area contributed by atoms with Crippen LogP contribution in [0, 0.1) is 5.92 Å². The number of nitrogens with zero attached hydrogens (tertiary/aromatic N) is 6. The number of para-hydroxylation sites is 1. The molecule has 1 aromatic carbocycles. The van der Waals surface area contributed by atoms with Gasteiger partial charge in [-0.15, -0.1) is 0 Å². The van der Waals surface area contributed by atoms with E-state index in [1.807, 2.05) is 36.1 Å². The molecule has 0 bridgehead atoms. The first kappa shape index (κ1) is 16.9. The molecule has 0 N–H and O–H groups in total. The Bertz CT molecular complexity index is 1100. The Kier molecular flexibility index (Phi) is 4.24. The van der Waals surface area contributed by atoms with Gasteiger partial charge in [0.1, 0.15) is 5.82 Å². The topological polar surface area (TPSA) is 59.7 Å². The van der Waals surface area contributed by atoms with Gasteiger partial charge < -0.3 is 4.90 Å². The number of aryl methyl sites for hydroxylation is 1. The molecule has 3 aromatic heterocycles. The van der Waals surface area contributed by atoms with Crippen molar-refractivity contribution in [1.29, 1.82) is 0 Å². The summed E-state index contributed by atoms with van der Waals surface area (Å²) >= 11 is 0. The molecule has 140 valence electrons. The molecule has 1 fully saturated rings. The van der Waals surface area contributed by atoms with Crippen LogP contribution >= 0.6 is 0 Å². The van der Waals surface area contributed by atoms with E-state index in [4.69, 9.17) is 9.97 Å². The summed E-state index contributed by atoms with van der Waals surface area (Å²) < 4.78 is 1.88. The van der Waals surface area contributed by atoms with E-state index in [9.17, 15) is 0 Å². The first-order valence-electron chi connectivity index (χ1n) is 9.66. The van der Waals surface area contributed by atoms with Gasteiger partial charge in [0.2, 0.25) is 0 Å². The van der Waals surface area contributed by atoms with Crippen molar-refractivity contribution in [3.05, 3.63) is 66.7 Å². The molecule has 1 atom stereocenters. The zero-order valence-corrected chi connectivity index (χ0v) is 15.9. The fourth-order valence-electron chi connectivity index (χ4n) is 4.03. The molecule has 0 spiro atoms. The number of hydrogen-bond acceptors (Lipinski definition) is 5. The maximum absolute atomic E-state index is 4.97. The summed E-state index contributed by atoms with van der Waals surface area (Å²) in [6.45, 7) is 2.02. The molecule has 4 aromatic rings. The lowest BCUT2D eigenvalue weighted by Crippen LogP contribution is -2.22. The summed E-state index contributed by atoms with van der Waals surface area (Å²) in [4.78, 5) is 16.3. The van der Waals surface area contributed by atoms with E-state index < -0.39 is 0 Å². The monoisotopic (exact) mass is 370 g/mol. The SMILES string of the molecule is Cn1cc(CC2CCN(c3nc(-c4ccncc4)nc4ccccc34)C2)cn1. The van der Waals surface area contributed by atoms with Crippen LogP contribution in [0.5, 0.6) is 0 Å². The van der Waals surface area contributed by atoms with Crippen LogP contribution in [-0.4, -0.2) is 37.8 Å². The van der Waals surface area contributed by atoms with Crippen LogP contribution in [0.3, 0.4) is 0 Å². The normalized spacial score (nSPS) is 16.8. The molecule has 0 amide bonds. The molecule has 1 unspecified atom stereocenters. The molecule has 0 saturated carbocycles. The van der Waals surface area contributed by atoms with Crippen LogP contribution in [-0.2, 0) is 13.5 Å². The van der Waals surface area contributed by atoms with Crippen LogP contribution in [0.2, 0.25) is 0 Å². The van der Waals surface area contributed by atoms with Gasteiger partial charge in [0, 0.05) is 49.7 Å². The minimum atomic E-state index is 0.613. The Labute approximate surface area is 163 Å². The Morgan fingerprint density at radius 3 is 2.75 bits per heavy atom. The van der Waals surface area contributed by atoms with Gasteiger partial charge in [0.05, 0.1) is 11.7 Å². The average molecular weight is 370 g/mol. The average Bonchev–Trinajstić information content (AvgIpc) is 3.37. The van der Waals surface area contributed by atoms with Crippen LogP contribution in [0.15, 0.2) is 61.2 Å². The minimum absolute atomic E-state index is 0.613. The van der Waals surface area contributed by atoms with Gasteiger partial charge in [0.15, 0.2) is 5.82 Å². The van der Waals surface area contributed by atoms with Crippen molar-refractivity contribution in [1.82, 2.24) is 24.7 Å². The highest BCUT2D eigenvalue weighted by molar-refractivity contribution is 5.91. The van der Waals surface area contributed by atoms with E-state index in [1.165, 1.54) is 5.56 Å². The molecule has 28 heavy (non-hydrogen) atoms. The van der Waals surface area contributed by atoms with E-state index in [0.717, 1.165) is 54.0 Å². The van der Waals surface area contributed by atoms with Crippen LogP contribution in [0.1, 0.15) is 12.0 Å².